The Kier molecular flexibility index (Phi) is 9.46. The van der Waals surface area contributed by atoms with Crippen LogP contribution in [0, 0.1) is 10.1 Å². The van der Waals surface area contributed by atoms with E-state index >= 15 is 0 Å². The quantitative estimate of drug-likeness (QED) is 0.305. The molecule has 0 spiro atoms. The summed E-state index contributed by atoms with van der Waals surface area (Å²) < 4.78 is 65.6. The summed E-state index contributed by atoms with van der Waals surface area (Å²) in [5.41, 5.74) is 2.40. The Hall–Kier alpha value is -3.10. The minimum absolute atomic E-state index is 0.0855. The maximum absolute atomic E-state index is 12.8. The van der Waals surface area contributed by atoms with Crippen molar-refractivity contribution in [2.24, 2.45) is 0 Å². The molecular formula is C20H21F3N4O5S2. The number of amides is 1. The third-order valence-corrected chi connectivity index (χ3v) is 6.07. The molecule has 2 rings (SSSR count). The van der Waals surface area contributed by atoms with Crippen LogP contribution in [0.3, 0.4) is 0 Å². The van der Waals surface area contributed by atoms with Gasteiger partial charge in [0.25, 0.3) is 11.6 Å². The van der Waals surface area contributed by atoms with Gasteiger partial charge in [0.05, 0.1) is 10.5 Å². The van der Waals surface area contributed by atoms with Crippen LogP contribution in [-0.2, 0) is 21.0 Å². The van der Waals surface area contributed by atoms with Crippen LogP contribution < -0.4 is 15.6 Å². The van der Waals surface area contributed by atoms with Crippen molar-refractivity contribution in [1.29, 1.82) is 0 Å². The molecule has 0 saturated carbocycles. The monoisotopic (exact) mass is 518 g/mol. The highest BCUT2D eigenvalue weighted by atomic mass is 32.2. The second-order valence-corrected chi connectivity index (χ2v) is 9.39. The first-order valence-corrected chi connectivity index (χ1v) is 12.5. The van der Waals surface area contributed by atoms with Gasteiger partial charge in [-0.15, -0.1) is 0 Å². The topological polar surface area (TPSA) is 130 Å². The van der Waals surface area contributed by atoms with E-state index in [1.54, 1.807) is 36.6 Å². The van der Waals surface area contributed by atoms with Crippen LogP contribution >= 0.6 is 11.8 Å². The number of nitrogens with one attached hydrogen (secondary N) is 3. The Morgan fingerprint density at radius 2 is 1.88 bits per heavy atom. The number of benzene rings is 2. The number of nitro groups is 1. The SMILES string of the molecule is CSCCC(NS(=O)(=O)/C=C/c1ccccc1)C(=O)NNc1ccc(C(F)(F)F)cc1[N+](=O)[O-]. The first-order chi connectivity index (χ1) is 15.9. The normalized spacial score (nSPS) is 12.9. The lowest BCUT2D eigenvalue weighted by molar-refractivity contribution is -0.384. The number of hydrogen-bond acceptors (Lipinski definition) is 7. The molecule has 9 nitrogen and oxygen atoms in total. The van der Waals surface area contributed by atoms with Crippen molar-refractivity contribution in [2.45, 2.75) is 18.6 Å². The largest absolute Gasteiger partial charge is 0.416 e. The van der Waals surface area contributed by atoms with Gasteiger partial charge in [0.1, 0.15) is 11.7 Å². The highest BCUT2D eigenvalue weighted by Gasteiger charge is 2.33. The van der Waals surface area contributed by atoms with Gasteiger partial charge < -0.3 is 0 Å². The lowest BCUT2D eigenvalue weighted by atomic mass is 10.1. The fraction of sp³-hybridized carbons (Fsp3) is 0.250. The predicted octanol–water partition coefficient (Wildman–Crippen LogP) is 3.77. The lowest BCUT2D eigenvalue weighted by Crippen LogP contribution is -2.48. The second-order valence-electron chi connectivity index (χ2n) is 6.81. The molecule has 1 unspecified atom stereocenters. The molecule has 2 aromatic carbocycles. The van der Waals surface area contributed by atoms with Crippen LogP contribution in [0.2, 0.25) is 0 Å². The van der Waals surface area contributed by atoms with E-state index in [0.717, 1.165) is 11.5 Å². The van der Waals surface area contributed by atoms with Gasteiger partial charge in [-0.3, -0.25) is 25.8 Å². The van der Waals surface area contributed by atoms with E-state index < -0.39 is 50.0 Å². The van der Waals surface area contributed by atoms with Crippen LogP contribution in [0.4, 0.5) is 24.5 Å². The van der Waals surface area contributed by atoms with E-state index in [1.807, 2.05) is 0 Å². The molecule has 1 amide bonds. The summed E-state index contributed by atoms with van der Waals surface area (Å²) in [5.74, 6) is -0.469. The number of carbonyl (C=O) groups is 1. The van der Waals surface area contributed by atoms with Crippen LogP contribution in [0.25, 0.3) is 6.08 Å². The molecule has 184 valence electrons. The first-order valence-electron chi connectivity index (χ1n) is 9.59. The molecule has 0 aliphatic rings. The van der Waals surface area contributed by atoms with Crippen molar-refractivity contribution in [3.05, 3.63) is 75.2 Å². The Morgan fingerprint density at radius 3 is 2.47 bits per heavy atom. The molecule has 1 atom stereocenters. The maximum atomic E-state index is 12.8. The van der Waals surface area contributed by atoms with Crippen molar-refractivity contribution < 1.29 is 31.3 Å². The van der Waals surface area contributed by atoms with Gasteiger partial charge in [0.15, 0.2) is 0 Å². The van der Waals surface area contributed by atoms with Crippen LogP contribution in [0.1, 0.15) is 17.5 Å². The second kappa shape index (κ2) is 11.9. The highest BCUT2D eigenvalue weighted by molar-refractivity contribution is 7.98. The number of anilines is 1. The van der Waals surface area contributed by atoms with Gasteiger partial charge in [-0.2, -0.15) is 29.7 Å². The number of hydrazine groups is 1. The van der Waals surface area contributed by atoms with Gasteiger partial charge in [0, 0.05) is 11.5 Å². The van der Waals surface area contributed by atoms with E-state index in [0.29, 0.717) is 23.4 Å². The van der Waals surface area contributed by atoms with Crippen LogP contribution in [0.15, 0.2) is 53.9 Å². The zero-order valence-electron chi connectivity index (χ0n) is 17.7. The standard InChI is InChI=1S/C20H21F3N4O5S2/c1-33-11-9-17(26-34(31,32)12-10-14-5-3-2-4-6-14)19(28)25-24-16-8-7-15(20(21,22)23)13-18(16)27(29)30/h2-8,10,12-13,17,24,26H,9,11H2,1H3,(H,25,28)/b12-10+. The molecule has 0 aliphatic carbocycles. The maximum Gasteiger partial charge on any atom is 0.416 e. The molecule has 0 heterocycles. The van der Waals surface area contributed by atoms with Gasteiger partial charge in [-0.25, -0.2) is 8.42 Å². The summed E-state index contributed by atoms with van der Waals surface area (Å²) in [7, 11) is -4.04. The van der Waals surface area contributed by atoms with Gasteiger partial charge in [-0.1, -0.05) is 30.3 Å². The molecule has 14 heteroatoms. The van der Waals surface area contributed by atoms with Crippen molar-refractivity contribution in [2.75, 3.05) is 17.4 Å². The minimum atomic E-state index is -4.79. The summed E-state index contributed by atoms with van der Waals surface area (Å²) in [6, 6.07) is 9.07. The number of thioether (sulfide) groups is 1. The van der Waals surface area contributed by atoms with E-state index in [2.05, 4.69) is 15.6 Å². The van der Waals surface area contributed by atoms with E-state index in [-0.39, 0.29) is 6.42 Å². The summed E-state index contributed by atoms with van der Waals surface area (Å²) in [4.78, 5) is 22.7. The number of rotatable bonds is 11. The Labute approximate surface area is 198 Å². The average molecular weight is 519 g/mol. The van der Waals surface area contributed by atoms with Crippen molar-refractivity contribution in [1.82, 2.24) is 10.1 Å². The molecule has 34 heavy (non-hydrogen) atoms. The Morgan fingerprint density at radius 1 is 1.21 bits per heavy atom. The summed E-state index contributed by atoms with van der Waals surface area (Å²) >= 11 is 1.36. The molecule has 2 aromatic rings. The van der Waals surface area contributed by atoms with Crippen LogP contribution in [-0.4, -0.2) is 37.3 Å². The third-order valence-electron chi connectivity index (χ3n) is 4.32. The van der Waals surface area contributed by atoms with Gasteiger partial charge in [-0.05, 0) is 42.2 Å². The fourth-order valence-corrected chi connectivity index (χ4v) is 4.14. The number of carbonyl (C=O) groups excluding carboxylic acids is 1. The number of sulfonamides is 1. The third kappa shape index (κ3) is 8.35. The number of alkyl halides is 3. The number of nitrogens with zero attached hydrogens (tertiary/aromatic N) is 1. The van der Waals surface area contributed by atoms with Crippen molar-refractivity contribution in [3.63, 3.8) is 0 Å². The van der Waals surface area contributed by atoms with Crippen LogP contribution in [0.5, 0.6) is 0 Å². The molecule has 0 aliphatic heterocycles. The summed E-state index contributed by atoms with van der Waals surface area (Å²) in [6.07, 6.45) is -1.61. The minimum Gasteiger partial charge on any atom is -0.292 e. The molecule has 3 N–H and O–H groups in total. The Bertz CT molecular complexity index is 1140. The van der Waals surface area contributed by atoms with E-state index in [1.165, 1.54) is 17.8 Å². The molecule has 0 bridgehead atoms. The Balaban J connectivity index is 2.15. The summed E-state index contributed by atoms with van der Waals surface area (Å²) in [6.45, 7) is 0. The highest BCUT2D eigenvalue weighted by Crippen LogP contribution is 2.34. The van der Waals surface area contributed by atoms with E-state index in [9.17, 15) is 36.5 Å². The summed E-state index contributed by atoms with van der Waals surface area (Å²) in [5, 5.41) is 12.1. The predicted molar refractivity (Wildman–Crippen MR) is 124 cm³/mol. The molecule has 0 fully saturated rings. The van der Waals surface area contributed by atoms with Gasteiger partial charge >= 0.3 is 6.18 Å². The van der Waals surface area contributed by atoms with E-state index in [4.69, 9.17) is 0 Å². The van der Waals surface area contributed by atoms with Crippen molar-refractivity contribution >= 4 is 45.1 Å². The lowest BCUT2D eigenvalue weighted by Gasteiger charge is -2.18. The fourth-order valence-electron chi connectivity index (χ4n) is 2.63. The molecule has 0 radical (unpaired) electrons. The zero-order valence-corrected chi connectivity index (χ0v) is 19.3. The molecular weight excluding hydrogens is 497 g/mol. The van der Waals surface area contributed by atoms with Crippen molar-refractivity contribution in [3.8, 4) is 0 Å². The zero-order chi connectivity index (χ0) is 25.4. The number of nitro benzene ring substituents is 1. The molecule has 0 aromatic heterocycles. The number of halogens is 3. The molecule has 0 saturated heterocycles. The first kappa shape index (κ1) is 27.1. The number of hydrogen-bond donors (Lipinski definition) is 3. The average Bonchev–Trinajstić information content (AvgIpc) is 2.78. The van der Waals surface area contributed by atoms with Gasteiger partial charge in [0.2, 0.25) is 10.0 Å². The smallest absolute Gasteiger partial charge is 0.292 e.